The molecule has 1 amide bonds. The minimum Gasteiger partial charge on any atom is -0.497 e. The van der Waals surface area contributed by atoms with Gasteiger partial charge in [-0.15, -0.1) is 0 Å². The molecule has 0 spiro atoms. The summed E-state index contributed by atoms with van der Waals surface area (Å²) in [5.41, 5.74) is 4.43. The number of hydrogen-bond donors (Lipinski definition) is 1. The Labute approximate surface area is 165 Å². The first kappa shape index (κ1) is 18.4. The van der Waals surface area contributed by atoms with Crippen molar-refractivity contribution in [3.05, 3.63) is 72.4 Å². The lowest BCUT2D eigenvalue weighted by molar-refractivity contribution is 0.211. The Balaban J connectivity index is 1.50. The molecule has 1 N–H and O–H groups in total. The van der Waals surface area contributed by atoms with Gasteiger partial charge in [-0.3, -0.25) is 4.68 Å². The molecule has 8 heteroatoms. The second-order valence-electron chi connectivity index (χ2n) is 6.27. The zero-order chi connectivity index (χ0) is 20.4. The van der Waals surface area contributed by atoms with Crippen LogP contribution in [-0.4, -0.2) is 27.8 Å². The molecule has 2 heterocycles. The number of benzene rings is 2. The number of halogens is 1. The number of ether oxygens (including phenoxy) is 2. The summed E-state index contributed by atoms with van der Waals surface area (Å²) in [6, 6.07) is 13.3. The zero-order valence-corrected chi connectivity index (χ0v) is 15.7. The van der Waals surface area contributed by atoms with Crippen LogP contribution >= 0.6 is 0 Å². The van der Waals surface area contributed by atoms with Crippen LogP contribution in [-0.2, 0) is 0 Å². The summed E-state index contributed by atoms with van der Waals surface area (Å²) >= 11 is 0. The van der Waals surface area contributed by atoms with E-state index in [0.29, 0.717) is 17.1 Å². The Morgan fingerprint density at radius 2 is 2.03 bits per heavy atom. The molecule has 0 radical (unpaired) electrons. The Morgan fingerprint density at radius 3 is 2.79 bits per heavy atom. The van der Waals surface area contributed by atoms with Gasteiger partial charge < -0.3 is 9.47 Å². The van der Waals surface area contributed by atoms with E-state index in [1.165, 1.54) is 18.3 Å². The lowest BCUT2D eigenvalue weighted by atomic mass is 10.2. The molecular weight excluding hydrogens is 375 g/mol. The molecule has 29 heavy (non-hydrogen) atoms. The molecule has 0 aliphatic heterocycles. The van der Waals surface area contributed by atoms with E-state index in [1.54, 1.807) is 43.1 Å². The van der Waals surface area contributed by atoms with E-state index in [1.807, 2.05) is 18.2 Å². The number of fused-ring (bicyclic) bond motifs is 1. The lowest BCUT2D eigenvalue weighted by Gasteiger charge is -2.11. The highest BCUT2D eigenvalue weighted by molar-refractivity contribution is 5.86. The van der Waals surface area contributed by atoms with Gasteiger partial charge in [0.1, 0.15) is 11.6 Å². The molecule has 2 aromatic carbocycles. The van der Waals surface area contributed by atoms with Crippen molar-refractivity contribution in [1.82, 2.24) is 14.6 Å². The third-order valence-corrected chi connectivity index (χ3v) is 4.33. The number of nitrogens with zero attached hydrogens (tertiary/aromatic N) is 3. The first-order chi connectivity index (χ1) is 14.0. The maximum Gasteiger partial charge on any atom is 0.432 e. The number of amides is 1. The summed E-state index contributed by atoms with van der Waals surface area (Å²) in [7, 11) is 1.59. The average Bonchev–Trinajstić information content (AvgIpc) is 3.11. The van der Waals surface area contributed by atoms with E-state index in [0.717, 1.165) is 16.7 Å². The number of carbonyl (C=O) groups excluding carboxylic acids is 1. The summed E-state index contributed by atoms with van der Waals surface area (Å²) in [4.78, 5) is 20.8. The van der Waals surface area contributed by atoms with Crippen molar-refractivity contribution < 1.29 is 18.7 Å². The SMILES string of the molecule is COc1ccc2c(ccn2NC(=O)Oc2cnc(-c3cccc(F)c3)nc2C)c1. The Morgan fingerprint density at radius 1 is 1.17 bits per heavy atom. The van der Waals surface area contributed by atoms with Crippen LogP contribution in [0.2, 0.25) is 0 Å². The van der Waals surface area contributed by atoms with Gasteiger partial charge in [0, 0.05) is 17.1 Å². The third kappa shape index (κ3) is 3.86. The molecule has 0 saturated heterocycles. The summed E-state index contributed by atoms with van der Waals surface area (Å²) in [6.07, 6.45) is 2.41. The number of carbonyl (C=O) groups is 1. The van der Waals surface area contributed by atoms with Crippen LogP contribution in [0, 0.1) is 12.7 Å². The largest absolute Gasteiger partial charge is 0.497 e. The maximum absolute atomic E-state index is 13.4. The molecule has 0 saturated carbocycles. The molecule has 2 aromatic heterocycles. The monoisotopic (exact) mass is 392 g/mol. The van der Waals surface area contributed by atoms with Gasteiger partial charge in [0.05, 0.1) is 24.5 Å². The Bertz CT molecular complexity index is 1210. The quantitative estimate of drug-likeness (QED) is 0.560. The smallest absolute Gasteiger partial charge is 0.432 e. The number of aromatic nitrogens is 3. The topological polar surface area (TPSA) is 78.3 Å². The van der Waals surface area contributed by atoms with Crippen LogP contribution in [0.1, 0.15) is 5.69 Å². The first-order valence-electron chi connectivity index (χ1n) is 8.77. The predicted molar refractivity (Wildman–Crippen MR) is 106 cm³/mol. The van der Waals surface area contributed by atoms with Crippen molar-refractivity contribution >= 4 is 17.0 Å². The highest BCUT2D eigenvalue weighted by Crippen LogP contribution is 2.22. The van der Waals surface area contributed by atoms with E-state index in [9.17, 15) is 9.18 Å². The van der Waals surface area contributed by atoms with E-state index in [4.69, 9.17) is 9.47 Å². The van der Waals surface area contributed by atoms with Crippen molar-refractivity contribution in [3.8, 4) is 22.9 Å². The molecule has 0 aliphatic carbocycles. The van der Waals surface area contributed by atoms with Crippen molar-refractivity contribution in [1.29, 1.82) is 0 Å². The van der Waals surface area contributed by atoms with E-state index in [-0.39, 0.29) is 11.6 Å². The average molecular weight is 392 g/mol. The molecular formula is C21H17FN4O3. The number of aryl methyl sites for hydroxylation is 1. The predicted octanol–water partition coefficient (Wildman–Crippen LogP) is 4.30. The Kier molecular flexibility index (Phi) is 4.82. The molecule has 0 aliphatic rings. The highest BCUT2D eigenvalue weighted by Gasteiger charge is 2.12. The maximum atomic E-state index is 13.4. The van der Waals surface area contributed by atoms with Crippen LogP contribution < -0.4 is 14.9 Å². The first-order valence-corrected chi connectivity index (χ1v) is 8.77. The number of methoxy groups -OCH3 is 1. The summed E-state index contributed by atoms with van der Waals surface area (Å²) in [5, 5.41) is 0.906. The van der Waals surface area contributed by atoms with Crippen LogP contribution in [0.4, 0.5) is 9.18 Å². The van der Waals surface area contributed by atoms with Gasteiger partial charge in [-0.05, 0) is 43.3 Å². The van der Waals surface area contributed by atoms with Crippen molar-refractivity contribution in [2.24, 2.45) is 0 Å². The minimum atomic E-state index is -0.691. The van der Waals surface area contributed by atoms with Crippen LogP contribution in [0.5, 0.6) is 11.5 Å². The van der Waals surface area contributed by atoms with E-state index < -0.39 is 6.09 Å². The third-order valence-electron chi connectivity index (χ3n) is 4.33. The highest BCUT2D eigenvalue weighted by atomic mass is 19.1. The Hall–Kier alpha value is -3.94. The van der Waals surface area contributed by atoms with Crippen LogP contribution in [0.15, 0.2) is 60.9 Å². The molecule has 4 rings (SSSR count). The van der Waals surface area contributed by atoms with Crippen LogP contribution in [0.25, 0.3) is 22.3 Å². The summed E-state index contributed by atoms with van der Waals surface area (Å²) in [6.45, 7) is 1.68. The van der Waals surface area contributed by atoms with Crippen molar-refractivity contribution in [2.45, 2.75) is 6.92 Å². The van der Waals surface area contributed by atoms with Gasteiger partial charge in [0.2, 0.25) is 0 Å². The van der Waals surface area contributed by atoms with E-state index in [2.05, 4.69) is 15.4 Å². The van der Waals surface area contributed by atoms with Gasteiger partial charge in [-0.1, -0.05) is 12.1 Å². The van der Waals surface area contributed by atoms with Gasteiger partial charge in [-0.25, -0.2) is 24.6 Å². The van der Waals surface area contributed by atoms with Crippen molar-refractivity contribution in [2.75, 3.05) is 12.5 Å². The van der Waals surface area contributed by atoms with Gasteiger partial charge >= 0.3 is 6.09 Å². The number of nitrogens with one attached hydrogen (secondary N) is 1. The molecule has 7 nitrogen and oxygen atoms in total. The molecule has 0 bridgehead atoms. The molecule has 0 fully saturated rings. The standard InChI is InChI=1S/C21H17FN4O3/c1-13-19(12-23-20(24-13)15-4-3-5-16(22)10-15)29-21(27)25-26-9-8-14-11-17(28-2)6-7-18(14)26/h3-12H,1-2H3,(H,25,27). The summed E-state index contributed by atoms with van der Waals surface area (Å²) < 4.78 is 25.5. The molecule has 4 aromatic rings. The van der Waals surface area contributed by atoms with Gasteiger partial charge in [0.15, 0.2) is 11.6 Å². The zero-order valence-electron chi connectivity index (χ0n) is 15.7. The minimum absolute atomic E-state index is 0.209. The fraction of sp³-hybridized carbons (Fsp3) is 0.0952. The normalized spacial score (nSPS) is 10.7. The van der Waals surface area contributed by atoms with Crippen LogP contribution in [0.3, 0.4) is 0 Å². The fourth-order valence-electron chi connectivity index (χ4n) is 2.89. The second kappa shape index (κ2) is 7.59. The van der Waals surface area contributed by atoms with Crippen molar-refractivity contribution in [3.63, 3.8) is 0 Å². The summed E-state index contributed by atoms with van der Waals surface area (Å²) in [5.74, 6) is 0.907. The number of rotatable bonds is 4. The molecule has 146 valence electrons. The fourth-order valence-corrected chi connectivity index (χ4v) is 2.89. The van der Waals surface area contributed by atoms with Gasteiger partial charge in [0.25, 0.3) is 0 Å². The molecule has 0 atom stereocenters. The lowest BCUT2D eigenvalue weighted by Crippen LogP contribution is -2.25. The number of hydrogen-bond acceptors (Lipinski definition) is 5. The second-order valence-corrected chi connectivity index (χ2v) is 6.27. The molecule has 0 unspecified atom stereocenters. The van der Waals surface area contributed by atoms with Gasteiger partial charge in [-0.2, -0.15) is 0 Å². The van der Waals surface area contributed by atoms with E-state index >= 15 is 0 Å².